The minimum absolute atomic E-state index is 0.0808. The Balaban J connectivity index is 1.46. The number of hydrogen-bond acceptors (Lipinski definition) is 5. The fourth-order valence-corrected chi connectivity index (χ4v) is 5.55. The summed E-state index contributed by atoms with van der Waals surface area (Å²) in [5.41, 5.74) is 2.71. The number of nitrogens with one attached hydrogen (secondary N) is 3. The summed E-state index contributed by atoms with van der Waals surface area (Å²) in [7, 11) is 0. The second-order valence-electron chi connectivity index (χ2n) is 8.43. The van der Waals surface area contributed by atoms with Gasteiger partial charge in [-0.2, -0.15) is 11.3 Å². The standard InChI is InChI=1S/C30H26IN3O3S2/c1-2-27(30(37)32-23-13-11-22(31)12-14-23)39-25-10-6-9-24(18-25)33-29(36)26(17-20-15-16-38-19-20)34-28(35)21-7-4-3-5-8-21/h3-19,27H,2H2,1H3,(H,32,37)(H,33,36)(H,34,35)/b26-17-. The van der Waals surface area contributed by atoms with Crippen molar-refractivity contribution in [3.8, 4) is 0 Å². The predicted octanol–water partition coefficient (Wildman–Crippen LogP) is 7.27. The van der Waals surface area contributed by atoms with Crippen LogP contribution in [0.15, 0.2) is 106 Å². The third-order valence-corrected chi connectivity index (χ3v) is 8.31. The van der Waals surface area contributed by atoms with Crippen molar-refractivity contribution in [3.05, 3.63) is 116 Å². The third kappa shape index (κ3) is 8.54. The van der Waals surface area contributed by atoms with Gasteiger partial charge in [-0.05, 0) is 112 Å². The number of anilines is 2. The Morgan fingerprint density at radius 1 is 0.923 bits per heavy atom. The Kier molecular flexibility index (Phi) is 10.3. The summed E-state index contributed by atoms with van der Waals surface area (Å²) in [6, 6.07) is 25.6. The SMILES string of the molecule is CCC(Sc1cccc(NC(=O)/C(=C/c2ccsc2)NC(=O)c2ccccc2)c1)C(=O)Nc1ccc(I)cc1. The Labute approximate surface area is 249 Å². The minimum Gasteiger partial charge on any atom is -0.325 e. The second-order valence-corrected chi connectivity index (χ2v) is 11.7. The molecule has 0 saturated carbocycles. The van der Waals surface area contributed by atoms with E-state index in [2.05, 4.69) is 38.5 Å². The molecule has 6 nitrogen and oxygen atoms in total. The number of halogens is 1. The maximum atomic E-state index is 13.3. The molecular weight excluding hydrogens is 641 g/mol. The van der Waals surface area contributed by atoms with E-state index in [1.165, 1.54) is 23.1 Å². The number of carbonyl (C=O) groups excluding carboxylic acids is 3. The lowest BCUT2D eigenvalue weighted by Crippen LogP contribution is -2.30. The Morgan fingerprint density at radius 2 is 1.69 bits per heavy atom. The van der Waals surface area contributed by atoms with E-state index in [1.807, 2.05) is 72.3 Å². The van der Waals surface area contributed by atoms with Crippen LogP contribution in [0.3, 0.4) is 0 Å². The molecule has 0 radical (unpaired) electrons. The molecule has 0 aliphatic carbocycles. The predicted molar refractivity (Wildman–Crippen MR) is 169 cm³/mol. The summed E-state index contributed by atoms with van der Waals surface area (Å²) in [5, 5.41) is 12.1. The van der Waals surface area contributed by atoms with E-state index < -0.39 is 5.91 Å². The zero-order chi connectivity index (χ0) is 27.6. The molecule has 3 amide bonds. The highest BCUT2D eigenvalue weighted by Crippen LogP contribution is 2.29. The van der Waals surface area contributed by atoms with Gasteiger partial charge in [-0.3, -0.25) is 14.4 Å². The highest BCUT2D eigenvalue weighted by atomic mass is 127. The highest BCUT2D eigenvalue weighted by Gasteiger charge is 2.19. The molecule has 4 aromatic rings. The van der Waals surface area contributed by atoms with Crippen molar-refractivity contribution in [2.75, 3.05) is 10.6 Å². The summed E-state index contributed by atoms with van der Waals surface area (Å²) in [6.07, 6.45) is 2.28. The first-order valence-corrected chi connectivity index (χ1v) is 15.1. The number of carbonyl (C=O) groups is 3. The summed E-state index contributed by atoms with van der Waals surface area (Å²) in [4.78, 5) is 39.8. The number of rotatable bonds is 10. The summed E-state index contributed by atoms with van der Waals surface area (Å²) in [6.45, 7) is 1.97. The minimum atomic E-state index is -0.448. The van der Waals surface area contributed by atoms with Crippen molar-refractivity contribution in [3.63, 3.8) is 0 Å². The molecule has 0 bridgehead atoms. The van der Waals surface area contributed by atoms with Crippen LogP contribution in [0, 0.1) is 3.57 Å². The van der Waals surface area contributed by atoms with Crippen molar-refractivity contribution in [2.45, 2.75) is 23.5 Å². The lowest BCUT2D eigenvalue weighted by Gasteiger charge is -2.16. The van der Waals surface area contributed by atoms with Gasteiger partial charge in [-0.1, -0.05) is 31.2 Å². The first kappa shape index (κ1) is 28.6. The first-order valence-electron chi connectivity index (χ1n) is 12.2. The molecule has 198 valence electrons. The Bertz CT molecular complexity index is 1460. The normalized spacial score (nSPS) is 11.9. The van der Waals surface area contributed by atoms with Gasteiger partial charge in [0.2, 0.25) is 5.91 Å². The zero-order valence-corrected chi connectivity index (χ0v) is 24.8. The molecule has 0 aliphatic rings. The van der Waals surface area contributed by atoms with E-state index in [0.717, 1.165) is 19.7 Å². The fraction of sp³-hybridized carbons (Fsp3) is 0.100. The molecule has 4 rings (SSSR count). The van der Waals surface area contributed by atoms with E-state index >= 15 is 0 Å². The third-order valence-electron chi connectivity index (χ3n) is 5.53. The number of hydrogen-bond donors (Lipinski definition) is 3. The van der Waals surface area contributed by atoms with Crippen molar-refractivity contribution in [1.82, 2.24) is 5.32 Å². The van der Waals surface area contributed by atoms with Crippen molar-refractivity contribution < 1.29 is 14.4 Å². The van der Waals surface area contributed by atoms with Gasteiger partial charge in [0.15, 0.2) is 0 Å². The number of thioether (sulfide) groups is 1. The molecule has 0 spiro atoms. The Hall–Kier alpha value is -3.41. The van der Waals surface area contributed by atoms with Crippen LogP contribution in [0.2, 0.25) is 0 Å². The van der Waals surface area contributed by atoms with Gasteiger partial charge in [-0.25, -0.2) is 0 Å². The van der Waals surface area contributed by atoms with Crippen LogP contribution in [0.4, 0.5) is 11.4 Å². The van der Waals surface area contributed by atoms with Crippen LogP contribution in [0.25, 0.3) is 6.08 Å². The van der Waals surface area contributed by atoms with E-state index in [-0.39, 0.29) is 22.8 Å². The van der Waals surface area contributed by atoms with Gasteiger partial charge >= 0.3 is 0 Å². The largest absolute Gasteiger partial charge is 0.325 e. The van der Waals surface area contributed by atoms with Gasteiger partial charge in [0.05, 0.1) is 5.25 Å². The van der Waals surface area contributed by atoms with Crippen molar-refractivity contribution in [2.24, 2.45) is 0 Å². The number of amides is 3. The molecule has 3 aromatic carbocycles. The maximum absolute atomic E-state index is 13.3. The van der Waals surface area contributed by atoms with Gasteiger partial charge < -0.3 is 16.0 Å². The molecule has 3 N–H and O–H groups in total. The van der Waals surface area contributed by atoms with Crippen LogP contribution in [-0.4, -0.2) is 23.0 Å². The van der Waals surface area contributed by atoms with Crippen molar-refractivity contribution in [1.29, 1.82) is 0 Å². The van der Waals surface area contributed by atoms with E-state index in [0.29, 0.717) is 17.7 Å². The van der Waals surface area contributed by atoms with Gasteiger partial charge in [-0.15, -0.1) is 11.8 Å². The van der Waals surface area contributed by atoms with E-state index in [1.54, 1.807) is 36.4 Å². The van der Waals surface area contributed by atoms with Gasteiger partial charge in [0.1, 0.15) is 5.70 Å². The Morgan fingerprint density at radius 3 is 2.38 bits per heavy atom. The molecule has 1 unspecified atom stereocenters. The van der Waals surface area contributed by atoms with Crippen molar-refractivity contribution >= 4 is 80.9 Å². The molecular formula is C30H26IN3O3S2. The molecule has 1 heterocycles. The summed E-state index contributed by atoms with van der Waals surface area (Å²) in [5.74, 6) is -0.902. The smallest absolute Gasteiger partial charge is 0.272 e. The average molecular weight is 668 g/mol. The molecule has 0 saturated heterocycles. The second kappa shape index (κ2) is 14.1. The zero-order valence-electron chi connectivity index (χ0n) is 21.0. The van der Waals surface area contributed by atoms with Crippen LogP contribution >= 0.6 is 45.7 Å². The van der Waals surface area contributed by atoms with Gasteiger partial charge in [0, 0.05) is 25.4 Å². The highest BCUT2D eigenvalue weighted by molar-refractivity contribution is 14.1. The van der Waals surface area contributed by atoms with E-state index in [4.69, 9.17) is 0 Å². The lowest BCUT2D eigenvalue weighted by atomic mass is 10.2. The van der Waals surface area contributed by atoms with Crippen LogP contribution in [0.5, 0.6) is 0 Å². The molecule has 9 heteroatoms. The van der Waals surface area contributed by atoms with E-state index in [9.17, 15) is 14.4 Å². The topological polar surface area (TPSA) is 87.3 Å². The summed E-state index contributed by atoms with van der Waals surface area (Å²) >= 11 is 5.16. The lowest BCUT2D eigenvalue weighted by molar-refractivity contribution is -0.116. The van der Waals surface area contributed by atoms with Crippen LogP contribution in [-0.2, 0) is 9.59 Å². The number of thiophene rings is 1. The monoisotopic (exact) mass is 667 g/mol. The molecule has 39 heavy (non-hydrogen) atoms. The first-order chi connectivity index (χ1) is 18.9. The summed E-state index contributed by atoms with van der Waals surface area (Å²) < 4.78 is 1.10. The quantitative estimate of drug-likeness (QED) is 0.0944. The fourth-order valence-electron chi connectivity index (χ4n) is 3.55. The molecule has 1 atom stereocenters. The maximum Gasteiger partial charge on any atom is 0.272 e. The molecule has 0 fully saturated rings. The molecule has 0 aliphatic heterocycles. The van der Waals surface area contributed by atoms with Crippen LogP contribution in [0.1, 0.15) is 29.3 Å². The molecule has 1 aromatic heterocycles. The van der Waals surface area contributed by atoms with Crippen LogP contribution < -0.4 is 16.0 Å². The number of benzene rings is 3. The van der Waals surface area contributed by atoms with Gasteiger partial charge in [0.25, 0.3) is 11.8 Å². The average Bonchev–Trinajstić information content (AvgIpc) is 3.46.